The zero-order valence-corrected chi connectivity index (χ0v) is 14.4. The molecule has 1 amide bonds. The van der Waals surface area contributed by atoms with Gasteiger partial charge in [-0.05, 0) is 43.7 Å². The molecule has 6 heteroatoms. The summed E-state index contributed by atoms with van der Waals surface area (Å²) in [6.45, 7) is 3.75. The molecular weight excluding hydrogens is 322 g/mol. The maximum absolute atomic E-state index is 12.6. The minimum atomic E-state index is -0.898. The Labute approximate surface area is 146 Å². The van der Waals surface area contributed by atoms with E-state index in [1.165, 1.54) is 0 Å². The summed E-state index contributed by atoms with van der Waals surface area (Å²) in [4.78, 5) is 23.3. The summed E-state index contributed by atoms with van der Waals surface area (Å²) in [6.07, 6.45) is -0.145. The van der Waals surface area contributed by atoms with Gasteiger partial charge in [0.2, 0.25) is 0 Å². The van der Waals surface area contributed by atoms with E-state index in [1.54, 1.807) is 49.6 Å². The third-order valence-electron chi connectivity index (χ3n) is 3.36. The van der Waals surface area contributed by atoms with Gasteiger partial charge in [-0.1, -0.05) is 12.1 Å². The largest absolute Gasteiger partial charge is 0.497 e. The van der Waals surface area contributed by atoms with Crippen molar-refractivity contribution in [3.63, 3.8) is 0 Å². The molecule has 0 bridgehead atoms. The molecule has 0 heterocycles. The molecule has 0 fully saturated rings. The SMILES string of the molecule is COc1ccc(C(=O)Nc2ccc(CC(=O)O)cc2)c(OC(C)C)c1. The van der Waals surface area contributed by atoms with Crippen LogP contribution in [-0.4, -0.2) is 30.2 Å². The Bertz CT molecular complexity index is 753. The first kappa shape index (κ1) is 18.3. The average molecular weight is 343 g/mol. The number of rotatable bonds is 7. The van der Waals surface area contributed by atoms with E-state index < -0.39 is 5.97 Å². The number of methoxy groups -OCH3 is 1. The van der Waals surface area contributed by atoms with E-state index in [0.29, 0.717) is 28.3 Å². The highest BCUT2D eigenvalue weighted by atomic mass is 16.5. The lowest BCUT2D eigenvalue weighted by atomic mass is 10.1. The zero-order chi connectivity index (χ0) is 18.4. The molecule has 0 unspecified atom stereocenters. The van der Waals surface area contributed by atoms with Crippen molar-refractivity contribution in [2.24, 2.45) is 0 Å². The maximum Gasteiger partial charge on any atom is 0.307 e. The van der Waals surface area contributed by atoms with Gasteiger partial charge in [-0.2, -0.15) is 0 Å². The minimum Gasteiger partial charge on any atom is -0.497 e. The van der Waals surface area contributed by atoms with Crippen LogP contribution in [0.15, 0.2) is 42.5 Å². The highest BCUT2D eigenvalue weighted by Gasteiger charge is 2.15. The number of carboxylic acids is 1. The first-order chi connectivity index (χ1) is 11.9. The second-order valence-corrected chi connectivity index (χ2v) is 5.75. The predicted molar refractivity (Wildman–Crippen MR) is 94.5 cm³/mol. The number of amides is 1. The van der Waals surface area contributed by atoms with Crippen LogP contribution in [0.5, 0.6) is 11.5 Å². The standard InChI is InChI=1S/C19H21NO5/c1-12(2)25-17-11-15(24-3)8-9-16(17)19(23)20-14-6-4-13(5-7-14)10-18(21)22/h4-9,11-12H,10H2,1-3H3,(H,20,23)(H,21,22). The van der Waals surface area contributed by atoms with Crippen molar-refractivity contribution >= 4 is 17.6 Å². The number of carbonyl (C=O) groups is 2. The number of benzene rings is 2. The molecule has 0 aliphatic carbocycles. The van der Waals surface area contributed by atoms with E-state index in [9.17, 15) is 9.59 Å². The number of hydrogen-bond donors (Lipinski definition) is 2. The lowest BCUT2D eigenvalue weighted by Crippen LogP contribution is -2.16. The number of aliphatic carboxylic acids is 1. The lowest BCUT2D eigenvalue weighted by molar-refractivity contribution is -0.136. The number of hydrogen-bond acceptors (Lipinski definition) is 4. The van der Waals surface area contributed by atoms with Crippen molar-refractivity contribution in [2.45, 2.75) is 26.4 Å². The van der Waals surface area contributed by atoms with Crippen LogP contribution >= 0.6 is 0 Å². The molecular formula is C19H21NO5. The van der Waals surface area contributed by atoms with Crippen LogP contribution in [0.2, 0.25) is 0 Å². The Kier molecular flexibility index (Phi) is 6.00. The highest BCUT2D eigenvalue weighted by Crippen LogP contribution is 2.26. The van der Waals surface area contributed by atoms with Gasteiger partial charge in [0.25, 0.3) is 5.91 Å². The van der Waals surface area contributed by atoms with Gasteiger partial charge in [0.1, 0.15) is 11.5 Å². The Morgan fingerprint density at radius 3 is 2.36 bits per heavy atom. The lowest BCUT2D eigenvalue weighted by Gasteiger charge is -2.15. The molecule has 2 N–H and O–H groups in total. The summed E-state index contributed by atoms with van der Waals surface area (Å²) in [7, 11) is 1.55. The van der Waals surface area contributed by atoms with E-state index in [-0.39, 0.29) is 18.4 Å². The topological polar surface area (TPSA) is 84.9 Å². The third-order valence-corrected chi connectivity index (χ3v) is 3.36. The van der Waals surface area contributed by atoms with Crippen LogP contribution in [0.1, 0.15) is 29.8 Å². The quantitative estimate of drug-likeness (QED) is 0.805. The molecule has 0 saturated carbocycles. The van der Waals surface area contributed by atoms with E-state index in [2.05, 4.69) is 5.32 Å². The molecule has 0 aliphatic heterocycles. The van der Waals surface area contributed by atoms with Gasteiger partial charge < -0.3 is 19.9 Å². The molecule has 0 saturated heterocycles. The molecule has 0 radical (unpaired) electrons. The van der Waals surface area contributed by atoms with Crippen LogP contribution in [0.3, 0.4) is 0 Å². The summed E-state index contributed by atoms with van der Waals surface area (Å²) in [5.74, 6) is -0.172. The number of carboxylic acid groups (broad SMARTS) is 1. The molecule has 0 aromatic heterocycles. The molecule has 25 heavy (non-hydrogen) atoms. The van der Waals surface area contributed by atoms with Gasteiger partial charge in [0, 0.05) is 11.8 Å². The van der Waals surface area contributed by atoms with Gasteiger partial charge in [-0.25, -0.2) is 0 Å². The smallest absolute Gasteiger partial charge is 0.307 e. The molecule has 0 atom stereocenters. The second kappa shape index (κ2) is 8.19. The van der Waals surface area contributed by atoms with Crippen LogP contribution in [-0.2, 0) is 11.2 Å². The van der Waals surface area contributed by atoms with E-state index >= 15 is 0 Å². The number of ether oxygens (including phenoxy) is 2. The van der Waals surface area contributed by atoms with E-state index in [4.69, 9.17) is 14.6 Å². The van der Waals surface area contributed by atoms with Crippen molar-refractivity contribution in [3.8, 4) is 11.5 Å². The van der Waals surface area contributed by atoms with Crippen molar-refractivity contribution < 1.29 is 24.2 Å². The molecule has 2 aromatic carbocycles. The Morgan fingerprint density at radius 1 is 1.12 bits per heavy atom. The first-order valence-electron chi connectivity index (χ1n) is 7.86. The number of nitrogens with one attached hydrogen (secondary N) is 1. The minimum absolute atomic E-state index is 0.0565. The zero-order valence-electron chi connectivity index (χ0n) is 14.4. The van der Waals surface area contributed by atoms with Crippen LogP contribution in [0.4, 0.5) is 5.69 Å². The summed E-state index contributed by atoms with van der Waals surface area (Å²) in [6, 6.07) is 11.7. The van der Waals surface area contributed by atoms with Crippen molar-refractivity contribution in [3.05, 3.63) is 53.6 Å². The maximum atomic E-state index is 12.6. The highest BCUT2D eigenvalue weighted by molar-refractivity contribution is 6.06. The summed E-state index contributed by atoms with van der Waals surface area (Å²) < 4.78 is 10.9. The molecule has 2 rings (SSSR count). The van der Waals surface area contributed by atoms with Crippen LogP contribution < -0.4 is 14.8 Å². The Balaban J connectivity index is 2.18. The molecule has 132 valence electrons. The van der Waals surface area contributed by atoms with Gasteiger partial charge >= 0.3 is 5.97 Å². The first-order valence-corrected chi connectivity index (χ1v) is 7.86. The van der Waals surface area contributed by atoms with E-state index in [0.717, 1.165) is 0 Å². The molecule has 0 aliphatic rings. The van der Waals surface area contributed by atoms with Gasteiger partial charge in [0.05, 0.1) is 25.2 Å². The van der Waals surface area contributed by atoms with Gasteiger partial charge in [-0.3, -0.25) is 9.59 Å². The summed E-state index contributed by atoms with van der Waals surface area (Å²) in [5.41, 5.74) is 1.63. The second-order valence-electron chi connectivity index (χ2n) is 5.75. The molecule has 0 spiro atoms. The average Bonchev–Trinajstić information content (AvgIpc) is 2.55. The molecule has 6 nitrogen and oxygen atoms in total. The monoisotopic (exact) mass is 343 g/mol. The van der Waals surface area contributed by atoms with Crippen LogP contribution in [0, 0.1) is 0 Å². The van der Waals surface area contributed by atoms with Crippen molar-refractivity contribution in [1.82, 2.24) is 0 Å². The fourth-order valence-corrected chi connectivity index (χ4v) is 2.25. The van der Waals surface area contributed by atoms with Gasteiger partial charge in [-0.15, -0.1) is 0 Å². The summed E-state index contributed by atoms with van der Waals surface area (Å²) in [5, 5.41) is 11.6. The Hall–Kier alpha value is -3.02. The van der Waals surface area contributed by atoms with Crippen molar-refractivity contribution in [2.75, 3.05) is 12.4 Å². The van der Waals surface area contributed by atoms with Crippen LogP contribution in [0.25, 0.3) is 0 Å². The number of anilines is 1. The number of carbonyl (C=O) groups excluding carboxylic acids is 1. The molecule has 2 aromatic rings. The fourth-order valence-electron chi connectivity index (χ4n) is 2.25. The van der Waals surface area contributed by atoms with E-state index in [1.807, 2.05) is 13.8 Å². The summed E-state index contributed by atoms with van der Waals surface area (Å²) >= 11 is 0. The van der Waals surface area contributed by atoms with Crippen molar-refractivity contribution in [1.29, 1.82) is 0 Å². The normalized spacial score (nSPS) is 10.4. The Morgan fingerprint density at radius 2 is 1.80 bits per heavy atom. The third kappa shape index (κ3) is 5.24. The van der Waals surface area contributed by atoms with Gasteiger partial charge in [0.15, 0.2) is 0 Å². The predicted octanol–water partition coefficient (Wildman–Crippen LogP) is 3.36. The fraction of sp³-hybridized carbons (Fsp3) is 0.263.